The highest BCUT2D eigenvalue weighted by Crippen LogP contribution is 2.18. The Labute approximate surface area is 83.9 Å². The predicted molar refractivity (Wildman–Crippen MR) is 56.3 cm³/mol. The SMILES string of the molecule is CCOC(=O)c1c(C)cc(N)cc1C. The van der Waals surface area contributed by atoms with E-state index in [1.807, 2.05) is 13.8 Å². The molecule has 0 aromatic heterocycles. The molecule has 0 saturated carbocycles. The average molecular weight is 193 g/mol. The fraction of sp³-hybridized carbons (Fsp3) is 0.364. The zero-order valence-electron chi connectivity index (χ0n) is 8.76. The normalized spacial score (nSPS) is 9.93. The molecule has 0 aliphatic carbocycles. The lowest BCUT2D eigenvalue weighted by molar-refractivity contribution is 0.0525. The molecular formula is C11H15NO2. The molecule has 0 saturated heterocycles. The highest BCUT2D eigenvalue weighted by atomic mass is 16.5. The summed E-state index contributed by atoms with van der Waals surface area (Å²) in [4.78, 5) is 11.5. The molecule has 0 spiro atoms. The molecule has 0 radical (unpaired) electrons. The molecule has 0 bridgehead atoms. The van der Waals surface area contributed by atoms with E-state index in [1.165, 1.54) is 0 Å². The summed E-state index contributed by atoms with van der Waals surface area (Å²) in [5.74, 6) is -0.275. The Morgan fingerprint density at radius 2 is 1.86 bits per heavy atom. The Morgan fingerprint density at radius 3 is 2.29 bits per heavy atom. The van der Waals surface area contributed by atoms with E-state index in [0.717, 1.165) is 11.1 Å². The largest absolute Gasteiger partial charge is 0.462 e. The Kier molecular flexibility index (Phi) is 3.12. The molecule has 1 rings (SSSR count). The van der Waals surface area contributed by atoms with Crippen molar-refractivity contribution in [2.75, 3.05) is 12.3 Å². The number of anilines is 1. The van der Waals surface area contributed by atoms with Gasteiger partial charge in [0.25, 0.3) is 0 Å². The monoisotopic (exact) mass is 193 g/mol. The van der Waals surface area contributed by atoms with Crippen molar-refractivity contribution in [2.24, 2.45) is 0 Å². The minimum Gasteiger partial charge on any atom is -0.462 e. The van der Waals surface area contributed by atoms with Crippen LogP contribution in [-0.2, 0) is 4.74 Å². The molecule has 76 valence electrons. The molecule has 0 heterocycles. The number of carbonyl (C=O) groups excluding carboxylic acids is 1. The molecule has 3 nitrogen and oxygen atoms in total. The maximum atomic E-state index is 11.5. The molecule has 0 atom stereocenters. The molecule has 3 heteroatoms. The predicted octanol–water partition coefficient (Wildman–Crippen LogP) is 2.06. The van der Waals surface area contributed by atoms with Crippen LogP contribution in [0.2, 0.25) is 0 Å². The van der Waals surface area contributed by atoms with Gasteiger partial charge in [0.1, 0.15) is 0 Å². The van der Waals surface area contributed by atoms with Crippen LogP contribution in [-0.4, -0.2) is 12.6 Å². The highest BCUT2D eigenvalue weighted by molar-refractivity contribution is 5.93. The second kappa shape index (κ2) is 4.13. The zero-order chi connectivity index (χ0) is 10.7. The van der Waals surface area contributed by atoms with E-state index >= 15 is 0 Å². The van der Waals surface area contributed by atoms with Gasteiger partial charge in [-0.25, -0.2) is 4.79 Å². The van der Waals surface area contributed by atoms with Crippen molar-refractivity contribution in [3.05, 3.63) is 28.8 Å². The van der Waals surface area contributed by atoms with Crippen molar-refractivity contribution in [2.45, 2.75) is 20.8 Å². The summed E-state index contributed by atoms with van der Waals surface area (Å²) >= 11 is 0. The van der Waals surface area contributed by atoms with Crippen LogP contribution in [0.15, 0.2) is 12.1 Å². The van der Waals surface area contributed by atoms with Gasteiger partial charge in [-0.2, -0.15) is 0 Å². The third kappa shape index (κ3) is 2.05. The van der Waals surface area contributed by atoms with Crippen molar-refractivity contribution in [3.63, 3.8) is 0 Å². The van der Waals surface area contributed by atoms with Crippen molar-refractivity contribution in [1.82, 2.24) is 0 Å². The van der Waals surface area contributed by atoms with Crippen molar-refractivity contribution in [1.29, 1.82) is 0 Å². The number of ether oxygens (including phenoxy) is 1. The van der Waals surface area contributed by atoms with Gasteiger partial charge < -0.3 is 10.5 Å². The van der Waals surface area contributed by atoms with E-state index in [-0.39, 0.29) is 5.97 Å². The minimum atomic E-state index is -0.275. The first-order valence-corrected chi connectivity index (χ1v) is 4.60. The standard InChI is InChI=1S/C11H15NO2/c1-4-14-11(13)10-7(2)5-9(12)6-8(10)3/h5-6H,4,12H2,1-3H3. The molecule has 14 heavy (non-hydrogen) atoms. The molecular weight excluding hydrogens is 178 g/mol. The topological polar surface area (TPSA) is 52.3 Å². The average Bonchev–Trinajstić information content (AvgIpc) is 2.01. The van der Waals surface area contributed by atoms with Crippen LogP contribution in [0.3, 0.4) is 0 Å². The summed E-state index contributed by atoms with van der Waals surface area (Å²) in [5, 5.41) is 0. The lowest BCUT2D eigenvalue weighted by atomic mass is 10.0. The molecule has 2 N–H and O–H groups in total. The van der Waals surface area contributed by atoms with Gasteiger partial charge in [-0.15, -0.1) is 0 Å². The quantitative estimate of drug-likeness (QED) is 0.577. The van der Waals surface area contributed by atoms with Gasteiger partial charge in [0.05, 0.1) is 12.2 Å². The fourth-order valence-electron chi connectivity index (χ4n) is 1.52. The van der Waals surface area contributed by atoms with Gasteiger partial charge in [0.2, 0.25) is 0 Å². The number of benzene rings is 1. The molecule has 1 aromatic carbocycles. The first kappa shape index (κ1) is 10.6. The fourth-order valence-corrected chi connectivity index (χ4v) is 1.52. The number of carbonyl (C=O) groups is 1. The summed E-state index contributed by atoms with van der Waals surface area (Å²) in [6.07, 6.45) is 0. The van der Waals surface area contributed by atoms with Crippen LogP contribution in [0.5, 0.6) is 0 Å². The molecule has 1 aromatic rings. The first-order chi connectivity index (χ1) is 6.56. The van der Waals surface area contributed by atoms with Gasteiger partial charge >= 0.3 is 5.97 Å². The summed E-state index contributed by atoms with van der Waals surface area (Å²) < 4.78 is 4.95. The van der Waals surface area contributed by atoms with Crippen LogP contribution in [0.1, 0.15) is 28.4 Å². The number of aryl methyl sites for hydroxylation is 2. The molecule has 0 unspecified atom stereocenters. The molecule has 0 amide bonds. The van der Waals surface area contributed by atoms with Crippen LogP contribution >= 0.6 is 0 Å². The second-order valence-electron chi connectivity index (χ2n) is 3.25. The molecule has 0 aliphatic heterocycles. The lowest BCUT2D eigenvalue weighted by Crippen LogP contribution is -2.09. The number of nitrogens with two attached hydrogens (primary N) is 1. The summed E-state index contributed by atoms with van der Waals surface area (Å²) in [7, 11) is 0. The van der Waals surface area contributed by atoms with Crippen LogP contribution < -0.4 is 5.73 Å². The Hall–Kier alpha value is -1.51. The van der Waals surface area contributed by atoms with E-state index in [0.29, 0.717) is 17.9 Å². The van der Waals surface area contributed by atoms with Crippen molar-refractivity contribution in [3.8, 4) is 0 Å². The second-order valence-corrected chi connectivity index (χ2v) is 3.25. The van der Waals surface area contributed by atoms with E-state index in [4.69, 9.17) is 10.5 Å². The zero-order valence-corrected chi connectivity index (χ0v) is 8.76. The minimum absolute atomic E-state index is 0.275. The number of hydrogen-bond acceptors (Lipinski definition) is 3. The van der Waals surface area contributed by atoms with Gasteiger partial charge in [0.15, 0.2) is 0 Å². The lowest BCUT2D eigenvalue weighted by Gasteiger charge is -2.09. The summed E-state index contributed by atoms with van der Waals surface area (Å²) in [5.41, 5.74) is 8.67. The Bertz CT molecular complexity index is 335. The Balaban J connectivity index is 3.14. The first-order valence-electron chi connectivity index (χ1n) is 4.60. The molecule has 0 aliphatic rings. The summed E-state index contributed by atoms with van der Waals surface area (Å²) in [6.45, 7) is 5.90. The van der Waals surface area contributed by atoms with Crippen LogP contribution in [0.25, 0.3) is 0 Å². The Morgan fingerprint density at radius 1 is 1.36 bits per heavy atom. The number of hydrogen-bond donors (Lipinski definition) is 1. The van der Waals surface area contributed by atoms with Crippen molar-refractivity contribution < 1.29 is 9.53 Å². The van der Waals surface area contributed by atoms with E-state index in [9.17, 15) is 4.79 Å². The van der Waals surface area contributed by atoms with Crippen molar-refractivity contribution >= 4 is 11.7 Å². The number of rotatable bonds is 2. The third-order valence-electron chi connectivity index (χ3n) is 2.03. The van der Waals surface area contributed by atoms with Gasteiger partial charge in [-0.05, 0) is 44.0 Å². The molecule has 0 fully saturated rings. The van der Waals surface area contributed by atoms with E-state index < -0.39 is 0 Å². The summed E-state index contributed by atoms with van der Waals surface area (Å²) in [6, 6.07) is 3.55. The van der Waals surface area contributed by atoms with Gasteiger partial charge in [-0.3, -0.25) is 0 Å². The van der Waals surface area contributed by atoms with E-state index in [2.05, 4.69) is 0 Å². The smallest absolute Gasteiger partial charge is 0.338 e. The third-order valence-corrected chi connectivity index (χ3v) is 2.03. The number of esters is 1. The maximum absolute atomic E-state index is 11.5. The number of nitrogen functional groups attached to an aromatic ring is 1. The highest BCUT2D eigenvalue weighted by Gasteiger charge is 2.13. The van der Waals surface area contributed by atoms with Gasteiger partial charge in [0, 0.05) is 5.69 Å². The van der Waals surface area contributed by atoms with Crippen LogP contribution in [0, 0.1) is 13.8 Å². The van der Waals surface area contributed by atoms with Gasteiger partial charge in [-0.1, -0.05) is 0 Å². The maximum Gasteiger partial charge on any atom is 0.338 e. The van der Waals surface area contributed by atoms with E-state index in [1.54, 1.807) is 19.1 Å². The van der Waals surface area contributed by atoms with Crippen LogP contribution in [0.4, 0.5) is 5.69 Å².